The van der Waals surface area contributed by atoms with Crippen LogP contribution < -0.4 is 11.2 Å². The minimum Gasteiger partial charge on any atom is -0.315 e. The van der Waals surface area contributed by atoms with Gasteiger partial charge in [-0.3, -0.25) is 9.98 Å². The maximum Gasteiger partial charge on any atom is 0.0582 e. The molecule has 0 aliphatic carbocycles. The van der Waals surface area contributed by atoms with Gasteiger partial charge in [-0.2, -0.15) is 0 Å². The Labute approximate surface area is 194 Å². The number of hydrogen-bond acceptors (Lipinski definition) is 5. The molecule has 2 rings (SSSR count). The lowest BCUT2D eigenvalue weighted by molar-refractivity contribution is 0.299. The molecule has 0 saturated carbocycles. The zero-order valence-corrected chi connectivity index (χ0v) is 20.7. The number of aryl methyl sites for hydroxylation is 2. The summed E-state index contributed by atoms with van der Waals surface area (Å²) in [6, 6.07) is 7.09. The Morgan fingerprint density at radius 1 is 1.34 bits per heavy atom. The van der Waals surface area contributed by atoms with Crippen LogP contribution in [0.25, 0.3) is 0 Å². The number of hydrogen-bond donors (Lipinski definition) is 2. The summed E-state index contributed by atoms with van der Waals surface area (Å²) < 4.78 is 0. The molecule has 0 radical (unpaired) electrons. The first-order valence-corrected chi connectivity index (χ1v) is 11.8. The van der Waals surface area contributed by atoms with Gasteiger partial charge < -0.3 is 10.3 Å². The van der Waals surface area contributed by atoms with Gasteiger partial charge in [-0.25, -0.2) is 5.84 Å². The van der Waals surface area contributed by atoms with Crippen molar-refractivity contribution < 1.29 is 0 Å². The molecule has 0 amide bonds. The SMILES string of the molecule is C/C=C\C=N/C(C)=C(/C=N\C)C(=C\N(N)C1CCNC1)\C(CC)c1cc(C)ccc1CC. The number of nitrogens with two attached hydrogens (primary N) is 1. The van der Waals surface area contributed by atoms with E-state index in [1.54, 1.807) is 0 Å². The molecule has 2 unspecified atom stereocenters. The largest absolute Gasteiger partial charge is 0.315 e. The van der Waals surface area contributed by atoms with Crippen LogP contribution in [0.3, 0.4) is 0 Å². The molecule has 174 valence electrons. The number of benzene rings is 1. The van der Waals surface area contributed by atoms with Crippen LogP contribution in [-0.2, 0) is 6.42 Å². The van der Waals surface area contributed by atoms with E-state index in [-0.39, 0.29) is 12.0 Å². The van der Waals surface area contributed by atoms with Crippen LogP contribution in [0, 0.1) is 6.92 Å². The Morgan fingerprint density at radius 3 is 2.72 bits per heavy atom. The summed E-state index contributed by atoms with van der Waals surface area (Å²) in [4.78, 5) is 9.09. The van der Waals surface area contributed by atoms with Crippen molar-refractivity contribution in [3.8, 4) is 0 Å². The zero-order valence-electron chi connectivity index (χ0n) is 20.7. The number of nitrogens with zero attached hydrogens (tertiary/aromatic N) is 3. The fourth-order valence-corrected chi connectivity index (χ4v) is 4.29. The number of aliphatic imine (C=N–C) groups is 2. The molecular formula is C27H41N5. The minimum atomic E-state index is 0.199. The molecule has 5 heteroatoms. The summed E-state index contributed by atoms with van der Waals surface area (Å²) in [5.74, 6) is 6.81. The first kappa shape index (κ1) is 25.8. The van der Waals surface area contributed by atoms with Crippen LogP contribution in [0.5, 0.6) is 0 Å². The van der Waals surface area contributed by atoms with E-state index in [1.807, 2.05) is 50.5 Å². The topological polar surface area (TPSA) is 66.0 Å². The first-order chi connectivity index (χ1) is 15.5. The Bertz CT molecular complexity index is 885. The molecule has 5 nitrogen and oxygen atoms in total. The highest BCUT2D eigenvalue weighted by Gasteiger charge is 2.25. The van der Waals surface area contributed by atoms with Crippen LogP contribution in [0.4, 0.5) is 0 Å². The van der Waals surface area contributed by atoms with Gasteiger partial charge in [-0.1, -0.05) is 43.7 Å². The summed E-state index contributed by atoms with van der Waals surface area (Å²) in [5.41, 5.74) is 7.15. The molecule has 1 saturated heterocycles. The maximum atomic E-state index is 6.61. The monoisotopic (exact) mass is 435 g/mol. The van der Waals surface area contributed by atoms with Crippen LogP contribution in [0.15, 0.2) is 63.4 Å². The molecule has 32 heavy (non-hydrogen) atoms. The van der Waals surface area contributed by atoms with Crippen molar-refractivity contribution in [2.45, 2.75) is 65.8 Å². The molecule has 3 N–H and O–H groups in total. The average Bonchev–Trinajstić information content (AvgIpc) is 3.33. The van der Waals surface area contributed by atoms with E-state index in [0.29, 0.717) is 0 Å². The Kier molecular flexibility index (Phi) is 10.6. The summed E-state index contributed by atoms with van der Waals surface area (Å²) in [7, 11) is 1.81. The van der Waals surface area contributed by atoms with Crippen molar-refractivity contribution in [2.75, 3.05) is 20.1 Å². The quantitative estimate of drug-likeness (QED) is 0.233. The van der Waals surface area contributed by atoms with E-state index in [4.69, 9.17) is 10.8 Å². The molecule has 2 atom stereocenters. The molecule has 1 aromatic carbocycles. The average molecular weight is 436 g/mol. The molecule has 1 aliphatic heterocycles. The molecule has 1 aliphatic rings. The summed E-state index contributed by atoms with van der Waals surface area (Å²) in [6.45, 7) is 12.6. The Hall–Kier alpha value is -2.50. The number of hydrazine groups is 1. The lowest BCUT2D eigenvalue weighted by atomic mass is 9.81. The van der Waals surface area contributed by atoms with E-state index in [9.17, 15) is 0 Å². The van der Waals surface area contributed by atoms with Crippen LogP contribution in [0.2, 0.25) is 0 Å². The molecule has 1 aromatic rings. The van der Waals surface area contributed by atoms with E-state index in [2.05, 4.69) is 55.5 Å². The van der Waals surface area contributed by atoms with Gasteiger partial charge in [-0.15, -0.1) is 0 Å². The van der Waals surface area contributed by atoms with E-state index in [1.165, 1.54) is 22.3 Å². The Balaban J connectivity index is 2.70. The van der Waals surface area contributed by atoms with Gasteiger partial charge in [-0.05, 0) is 69.4 Å². The predicted octanol–water partition coefficient (Wildman–Crippen LogP) is 5.09. The van der Waals surface area contributed by atoms with Crippen molar-refractivity contribution in [1.82, 2.24) is 10.3 Å². The molecule has 1 heterocycles. The zero-order chi connectivity index (χ0) is 23.5. The smallest absolute Gasteiger partial charge is 0.0582 e. The third-order valence-electron chi connectivity index (χ3n) is 6.09. The lowest BCUT2D eigenvalue weighted by Gasteiger charge is -2.28. The summed E-state index contributed by atoms with van der Waals surface area (Å²) >= 11 is 0. The second-order valence-corrected chi connectivity index (χ2v) is 8.39. The van der Waals surface area contributed by atoms with Crippen molar-refractivity contribution in [2.24, 2.45) is 15.8 Å². The lowest BCUT2D eigenvalue weighted by Crippen LogP contribution is -2.38. The third-order valence-corrected chi connectivity index (χ3v) is 6.09. The molecule has 0 bridgehead atoms. The Morgan fingerprint density at radius 2 is 2.12 bits per heavy atom. The van der Waals surface area contributed by atoms with Crippen molar-refractivity contribution >= 4 is 12.4 Å². The van der Waals surface area contributed by atoms with Gasteiger partial charge in [0.25, 0.3) is 0 Å². The van der Waals surface area contributed by atoms with Crippen molar-refractivity contribution in [3.63, 3.8) is 0 Å². The normalized spacial score (nSPS) is 19.3. The van der Waals surface area contributed by atoms with Crippen LogP contribution in [0.1, 0.15) is 63.1 Å². The number of nitrogens with one attached hydrogen (secondary N) is 1. The fraction of sp³-hybridized carbons (Fsp3) is 0.481. The van der Waals surface area contributed by atoms with E-state index in [0.717, 1.165) is 43.6 Å². The van der Waals surface area contributed by atoms with Crippen molar-refractivity contribution in [1.29, 1.82) is 0 Å². The van der Waals surface area contributed by atoms with E-state index >= 15 is 0 Å². The van der Waals surface area contributed by atoms with Crippen LogP contribution in [-0.4, -0.2) is 43.6 Å². The summed E-state index contributed by atoms with van der Waals surface area (Å²) in [6.07, 6.45) is 12.8. The standard InChI is InChI=1S/C27H41N5/c1-7-10-14-31-21(5)26(18-29-6)27(19-32(28)23-13-15-30-17-23)24(9-3)25-16-20(4)11-12-22(25)8-2/h7,10-12,14,16,18-19,23-24,30H,8-9,13,15,17,28H2,1-6H3/b10-7-,26-21-,27-19+,29-18-,31-14-. The second kappa shape index (κ2) is 13.1. The van der Waals surface area contributed by atoms with Gasteiger partial charge in [0.1, 0.15) is 0 Å². The second-order valence-electron chi connectivity index (χ2n) is 8.39. The number of allylic oxidation sites excluding steroid dienone is 5. The van der Waals surface area contributed by atoms with Gasteiger partial charge in [0.15, 0.2) is 0 Å². The fourth-order valence-electron chi connectivity index (χ4n) is 4.29. The van der Waals surface area contributed by atoms with Crippen molar-refractivity contribution in [3.05, 3.63) is 70.1 Å². The van der Waals surface area contributed by atoms with Gasteiger partial charge in [0.05, 0.1) is 6.04 Å². The molecular weight excluding hydrogens is 394 g/mol. The summed E-state index contributed by atoms with van der Waals surface area (Å²) in [5, 5.41) is 5.31. The highest BCUT2D eigenvalue weighted by atomic mass is 15.4. The van der Waals surface area contributed by atoms with Gasteiger partial charge in [0, 0.05) is 49.4 Å². The predicted molar refractivity (Wildman–Crippen MR) is 139 cm³/mol. The van der Waals surface area contributed by atoms with Gasteiger partial charge in [0.2, 0.25) is 0 Å². The van der Waals surface area contributed by atoms with Crippen LogP contribution >= 0.6 is 0 Å². The molecule has 1 fully saturated rings. The number of rotatable bonds is 10. The third kappa shape index (κ3) is 6.75. The first-order valence-electron chi connectivity index (χ1n) is 11.8. The highest BCUT2D eigenvalue weighted by Crippen LogP contribution is 2.36. The molecule has 0 aromatic heterocycles. The van der Waals surface area contributed by atoms with E-state index < -0.39 is 0 Å². The highest BCUT2D eigenvalue weighted by molar-refractivity contribution is 5.87. The minimum absolute atomic E-state index is 0.199. The maximum absolute atomic E-state index is 6.61. The van der Waals surface area contributed by atoms with Gasteiger partial charge >= 0.3 is 0 Å². The molecule has 0 spiro atoms.